The average molecular weight is 301 g/mol. The second-order valence-corrected chi connectivity index (χ2v) is 5.65. The Labute approximate surface area is 123 Å². The van der Waals surface area contributed by atoms with Crippen LogP contribution >= 0.6 is 23.2 Å². The van der Waals surface area contributed by atoms with Gasteiger partial charge in [-0.15, -0.1) is 0 Å². The maximum absolute atomic E-state index is 12.0. The standard InChI is InChI=1S/C14H18Cl2N2O/c15-11-8-12(16)10-13(9-11)17-5-4-14(19)18-6-2-1-3-7-18/h8-10,17H,1-7H2. The van der Waals surface area contributed by atoms with Crippen molar-refractivity contribution >= 4 is 34.8 Å². The van der Waals surface area contributed by atoms with Crippen molar-refractivity contribution in [1.82, 2.24) is 4.90 Å². The molecule has 0 radical (unpaired) electrons. The third-order valence-corrected chi connectivity index (χ3v) is 3.68. The molecular weight excluding hydrogens is 283 g/mol. The van der Waals surface area contributed by atoms with E-state index in [0.717, 1.165) is 31.6 Å². The van der Waals surface area contributed by atoms with Crippen LogP contribution in [0.2, 0.25) is 10.0 Å². The molecule has 19 heavy (non-hydrogen) atoms. The van der Waals surface area contributed by atoms with Crippen LogP contribution in [0.15, 0.2) is 18.2 Å². The first kappa shape index (κ1) is 14.5. The van der Waals surface area contributed by atoms with Gasteiger partial charge in [0, 0.05) is 41.8 Å². The van der Waals surface area contributed by atoms with E-state index in [2.05, 4.69) is 5.32 Å². The van der Waals surface area contributed by atoms with Gasteiger partial charge in [0.05, 0.1) is 0 Å². The number of nitrogens with zero attached hydrogens (tertiary/aromatic N) is 1. The quantitative estimate of drug-likeness (QED) is 0.917. The van der Waals surface area contributed by atoms with Crippen molar-refractivity contribution in [2.24, 2.45) is 0 Å². The van der Waals surface area contributed by atoms with Crippen LogP contribution in [0.4, 0.5) is 5.69 Å². The van der Waals surface area contributed by atoms with Gasteiger partial charge in [-0.05, 0) is 37.5 Å². The lowest BCUT2D eigenvalue weighted by molar-refractivity contribution is -0.131. The molecule has 1 aromatic carbocycles. The molecule has 1 aliphatic rings. The van der Waals surface area contributed by atoms with Crippen molar-refractivity contribution in [2.45, 2.75) is 25.7 Å². The minimum atomic E-state index is 0.223. The predicted molar refractivity (Wildman–Crippen MR) is 80.0 cm³/mol. The zero-order valence-corrected chi connectivity index (χ0v) is 12.3. The number of amides is 1. The Hall–Kier alpha value is -0.930. The fraction of sp³-hybridized carbons (Fsp3) is 0.500. The highest BCUT2D eigenvalue weighted by atomic mass is 35.5. The van der Waals surface area contributed by atoms with Crippen molar-refractivity contribution in [3.05, 3.63) is 28.2 Å². The molecule has 1 heterocycles. The highest BCUT2D eigenvalue weighted by Crippen LogP contribution is 2.22. The number of likely N-dealkylation sites (tertiary alicyclic amines) is 1. The van der Waals surface area contributed by atoms with Crippen LogP contribution in [-0.2, 0) is 4.79 Å². The van der Waals surface area contributed by atoms with E-state index < -0.39 is 0 Å². The maximum atomic E-state index is 12.0. The van der Waals surface area contributed by atoms with Crippen LogP contribution in [0.5, 0.6) is 0 Å². The number of hydrogen-bond acceptors (Lipinski definition) is 2. The molecule has 5 heteroatoms. The number of hydrogen-bond donors (Lipinski definition) is 1. The summed E-state index contributed by atoms with van der Waals surface area (Å²) in [6, 6.07) is 5.30. The lowest BCUT2D eigenvalue weighted by Crippen LogP contribution is -2.36. The summed E-state index contributed by atoms with van der Waals surface area (Å²) in [6.45, 7) is 2.41. The number of benzene rings is 1. The summed E-state index contributed by atoms with van der Waals surface area (Å²) < 4.78 is 0. The molecule has 0 aromatic heterocycles. The van der Waals surface area contributed by atoms with Gasteiger partial charge < -0.3 is 10.2 Å². The molecule has 1 fully saturated rings. The van der Waals surface area contributed by atoms with E-state index in [1.54, 1.807) is 18.2 Å². The molecule has 0 spiro atoms. The minimum Gasteiger partial charge on any atom is -0.384 e. The van der Waals surface area contributed by atoms with Crippen LogP contribution in [0.3, 0.4) is 0 Å². The molecule has 1 aliphatic heterocycles. The zero-order chi connectivity index (χ0) is 13.7. The van der Waals surface area contributed by atoms with Crippen LogP contribution in [0.1, 0.15) is 25.7 Å². The van der Waals surface area contributed by atoms with Gasteiger partial charge in [-0.2, -0.15) is 0 Å². The molecule has 3 nitrogen and oxygen atoms in total. The molecule has 104 valence electrons. The van der Waals surface area contributed by atoms with E-state index in [9.17, 15) is 4.79 Å². The van der Waals surface area contributed by atoms with Crippen LogP contribution in [0, 0.1) is 0 Å². The van der Waals surface area contributed by atoms with Crippen molar-refractivity contribution in [3.8, 4) is 0 Å². The third kappa shape index (κ3) is 4.59. The lowest BCUT2D eigenvalue weighted by Gasteiger charge is -2.26. The first-order valence-electron chi connectivity index (χ1n) is 6.63. The Balaban J connectivity index is 1.77. The molecule has 1 aromatic rings. The van der Waals surface area contributed by atoms with E-state index in [4.69, 9.17) is 23.2 Å². The summed E-state index contributed by atoms with van der Waals surface area (Å²) >= 11 is 11.8. The Bertz CT molecular complexity index is 425. The number of carbonyl (C=O) groups excluding carboxylic acids is 1. The zero-order valence-electron chi connectivity index (χ0n) is 10.8. The van der Waals surface area contributed by atoms with E-state index in [1.165, 1.54) is 6.42 Å². The van der Waals surface area contributed by atoms with E-state index >= 15 is 0 Å². The van der Waals surface area contributed by atoms with Gasteiger partial charge in [0.2, 0.25) is 5.91 Å². The number of piperidine rings is 1. The molecular formula is C14H18Cl2N2O. The Morgan fingerprint density at radius 1 is 1.11 bits per heavy atom. The van der Waals surface area contributed by atoms with Crippen LogP contribution < -0.4 is 5.32 Å². The fourth-order valence-electron chi connectivity index (χ4n) is 2.27. The van der Waals surface area contributed by atoms with Gasteiger partial charge in [-0.25, -0.2) is 0 Å². The molecule has 0 saturated carbocycles. The second-order valence-electron chi connectivity index (χ2n) is 4.78. The normalized spacial score (nSPS) is 15.4. The Morgan fingerprint density at radius 2 is 1.74 bits per heavy atom. The molecule has 0 unspecified atom stereocenters. The molecule has 1 amide bonds. The minimum absolute atomic E-state index is 0.223. The lowest BCUT2D eigenvalue weighted by atomic mass is 10.1. The van der Waals surface area contributed by atoms with Gasteiger partial charge in [-0.1, -0.05) is 23.2 Å². The summed E-state index contributed by atoms with van der Waals surface area (Å²) in [4.78, 5) is 13.9. The van der Waals surface area contributed by atoms with Crippen LogP contribution in [0.25, 0.3) is 0 Å². The highest BCUT2D eigenvalue weighted by molar-refractivity contribution is 6.35. The molecule has 1 N–H and O–H groups in total. The molecule has 0 aliphatic carbocycles. The third-order valence-electron chi connectivity index (χ3n) is 3.24. The van der Waals surface area contributed by atoms with Gasteiger partial charge in [0.25, 0.3) is 0 Å². The molecule has 0 bridgehead atoms. The molecule has 1 saturated heterocycles. The first-order chi connectivity index (χ1) is 9.15. The van der Waals surface area contributed by atoms with E-state index in [0.29, 0.717) is 23.0 Å². The van der Waals surface area contributed by atoms with Crippen molar-refractivity contribution < 1.29 is 4.79 Å². The van der Waals surface area contributed by atoms with Crippen LogP contribution in [-0.4, -0.2) is 30.4 Å². The fourth-order valence-corrected chi connectivity index (χ4v) is 2.80. The van der Waals surface area contributed by atoms with Gasteiger partial charge in [0.1, 0.15) is 0 Å². The molecule has 2 rings (SSSR count). The average Bonchev–Trinajstić information content (AvgIpc) is 2.38. The van der Waals surface area contributed by atoms with Crippen molar-refractivity contribution in [2.75, 3.05) is 25.0 Å². The van der Waals surface area contributed by atoms with Crippen molar-refractivity contribution in [3.63, 3.8) is 0 Å². The Morgan fingerprint density at radius 3 is 2.37 bits per heavy atom. The Kier molecular flexibility index (Phi) is 5.34. The highest BCUT2D eigenvalue weighted by Gasteiger charge is 2.15. The van der Waals surface area contributed by atoms with Gasteiger partial charge >= 0.3 is 0 Å². The summed E-state index contributed by atoms with van der Waals surface area (Å²) in [5, 5.41) is 4.37. The summed E-state index contributed by atoms with van der Waals surface area (Å²) in [5.74, 6) is 0.223. The topological polar surface area (TPSA) is 32.3 Å². The number of anilines is 1. The van der Waals surface area contributed by atoms with Gasteiger partial charge in [0.15, 0.2) is 0 Å². The van der Waals surface area contributed by atoms with Crippen molar-refractivity contribution in [1.29, 1.82) is 0 Å². The SMILES string of the molecule is O=C(CCNc1cc(Cl)cc(Cl)c1)N1CCCCC1. The maximum Gasteiger partial charge on any atom is 0.224 e. The number of halogens is 2. The van der Waals surface area contributed by atoms with E-state index in [-0.39, 0.29) is 5.91 Å². The second kappa shape index (κ2) is 7.01. The summed E-state index contributed by atoms with van der Waals surface area (Å²) in [5.41, 5.74) is 0.851. The predicted octanol–water partition coefficient (Wildman–Crippen LogP) is 3.81. The molecule has 0 atom stereocenters. The van der Waals surface area contributed by atoms with E-state index in [1.807, 2.05) is 4.90 Å². The van der Waals surface area contributed by atoms with Gasteiger partial charge in [-0.3, -0.25) is 4.79 Å². The summed E-state index contributed by atoms with van der Waals surface area (Å²) in [6.07, 6.45) is 4.00. The summed E-state index contributed by atoms with van der Waals surface area (Å²) in [7, 11) is 0. The first-order valence-corrected chi connectivity index (χ1v) is 7.38. The number of carbonyl (C=O) groups is 1. The monoisotopic (exact) mass is 300 g/mol. The number of rotatable bonds is 4. The largest absolute Gasteiger partial charge is 0.384 e. The smallest absolute Gasteiger partial charge is 0.224 e. The number of nitrogens with one attached hydrogen (secondary N) is 1.